The number of esters is 1. The van der Waals surface area contributed by atoms with Gasteiger partial charge in [0.2, 0.25) is 0 Å². The molecule has 5 heteroatoms. The van der Waals surface area contributed by atoms with E-state index in [4.69, 9.17) is 9.47 Å². The third kappa shape index (κ3) is 4.88. The monoisotopic (exact) mass is 377 g/mol. The Morgan fingerprint density at radius 2 is 1.75 bits per heavy atom. The highest BCUT2D eigenvalue weighted by Gasteiger charge is 2.14. The van der Waals surface area contributed by atoms with Gasteiger partial charge < -0.3 is 14.8 Å². The van der Waals surface area contributed by atoms with Crippen molar-refractivity contribution in [1.29, 1.82) is 0 Å². The lowest BCUT2D eigenvalue weighted by Crippen LogP contribution is -2.31. The van der Waals surface area contributed by atoms with Crippen LogP contribution in [0.15, 0.2) is 66.7 Å². The minimum atomic E-state index is -0.457. The van der Waals surface area contributed by atoms with Crippen LogP contribution >= 0.6 is 0 Å². The Morgan fingerprint density at radius 1 is 1.00 bits per heavy atom. The van der Waals surface area contributed by atoms with Crippen LogP contribution in [0.25, 0.3) is 10.8 Å². The van der Waals surface area contributed by atoms with Crippen LogP contribution in [0.4, 0.5) is 0 Å². The Labute approximate surface area is 164 Å². The summed E-state index contributed by atoms with van der Waals surface area (Å²) in [5.41, 5.74) is 1.79. The van der Waals surface area contributed by atoms with Crippen LogP contribution in [0.5, 0.6) is 5.75 Å². The highest BCUT2D eigenvalue weighted by Crippen LogP contribution is 2.24. The summed E-state index contributed by atoms with van der Waals surface area (Å²) in [7, 11) is 1.57. The summed E-state index contributed by atoms with van der Waals surface area (Å²) in [6.45, 7) is 1.61. The summed E-state index contributed by atoms with van der Waals surface area (Å²) in [5, 5.41) is 5.10. The maximum Gasteiger partial charge on any atom is 0.310 e. The van der Waals surface area contributed by atoms with Gasteiger partial charge in [0.05, 0.1) is 19.6 Å². The Morgan fingerprint density at radius 3 is 2.57 bits per heavy atom. The maximum absolute atomic E-state index is 12.2. The van der Waals surface area contributed by atoms with E-state index in [-0.39, 0.29) is 25.0 Å². The van der Waals surface area contributed by atoms with Crippen molar-refractivity contribution >= 4 is 22.6 Å². The van der Waals surface area contributed by atoms with Crippen LogP contribution in [0.3, 0.4) is 0 Å². The zero-order valence-electron chi connectivity index (χ0n) is 16.0. The molecule has 0 saturated carbocycles. The number of rotatable bonds is 7. The molecule has 0 bridgehead atoms. The highest BCUT2D eigenvalue weighted by atomic mass is 16.5. The average molecular weight is 377 g/mol. The smallest absolute Gasteiger partial charge is 0.310 e. The molecule has 0 aliphatic heterocycles. The van der Waals surface area contributed by atoms with Gasteiger partial charge in [0, 0.05) is 0 Å². The lowest BCUT2D eigenvalue weighted by molar-refractivity contribution is -0.148. The van der Waals surface area contributed by atoms with Crippen molar-refractivity contribution < 1.29 is 19.1 Å². The number of carbonyl (C=O) groups excluding carboxylic acids is 2. The number of hydrogen-bond donors (Lipinski definition) is 1. The maximum atomic E-state index is 12.2. The van der Waals surface area contributed by atoms with Crippen molar-refractivity contribution in [3.05, 3.63) is 77.9 Å². The van der Waals surface area contributed by atoms with Gasteiger partial charge in [-0.25, -0.2) is 0 Å². The van der Waals surface area contributed by atoms with Gasteiger partial charge >= 0.3 is 5.97 Å². The van der Waals surface area contributed by atoms with E-state index in [9.17, 15) is 9.59 Å². The van der Waals surface area contributed by atoms with Gasteiger partial charge in [0.15, 0.2) is 6.61 Å². The summed E-state index contributed by atoms with van der Waals surface area (Å²) >= 11 is 0. The first-order chi connectivity index (χ1) is 13.6. The van der Waals surface area contributed by atoms with Crippen molar-refractivity contribution in [2.45, 2.75) is 19.4 Å². The Hall–Kier alpha value is -3.34. The Kier molecular flexibility index (Phi) is 6.27. The SMILES string of the molecule is COc1cccc(CC(=O)OCC(=O)N[C@@H](C)c2cccc3ccccc23)c1. The first-order valence-corrected chi connectivity index (χ1v) is 9.12. The molecule has 0 aliphatic carbocycles. The van der Waals surface area contributed by atoms with Crippen LogP contribution in [0.1, 0.15) is 24.1 Å². The van der Waals surface area contributed by atoms with Crippen molar-refractivity contribution in [2.75, 3.05) is 13.7 Å². The number of benzene rings is 3. The van der Waals surface area contributed by atoms with E-state index in [1.807, 2.05) is 55.5 Å². The molecule has 1 amide bonds. The van der Waals surface area contributed by atoms with E-state index in [1.165, 1.54) is 0 Å². The van der Waals surface area contributed by atoms with Crippen LogP contribution < -0.4 is 10.1 Å². The lowest BCUT2D eigenvalue weighted by atomic mass is 10.00. The molecule has 3 aromatic carbocycles. The number of fused-ring (bicyclic) bond motifs is 1. The summed E-state index contributed by atoms with van der Waals surface area (Å²) in [6.07, 6.45) is 0.0867. The van der Waals surface area contributed by atoms with Crippen LogP contribution in [0.2, 0.25) is 0 Å². The zero-order chi connectivity index (χ0) is 19.9. The first kappa shape index (κ1) is 19.4. The molecule has 1 N–H and O–H groups in total. The molecule has 5 nitrogen and oxygen atoms in total. The van der Waals surface area contributed by atoms with Gasteiger partial charge in [-0.2, -0.15) is 0 Å². The van der Waals surface area contributed by atoms with Gasteiger partial charge in [-0.15, -0.1) is 0 Å². The molecule has 28 heavy (non-hydrogen) atoms. The topological polar surface area (TPSA) is 64.6 Å². The summed E-state index contributed by atoms with van der Waals surface area (Å²) < 4.78 is 10.2. The molecule has 3 aromatic rings. The summed E-state index contributed by atoms with van der Waals surface area (Å²) in [5.74, 6) is -0.118. The van der Waals surface area contributed by atoms with Gasteiger partial charge in [0.25, 0.3) is 5.91 Å². The van der Waals surface area contributed by atoms with Gasteiger partial charge in [-0.05, 0) is 41.0 Å². The van der Waals surface area contributed by atoms with E-state index >= 15 is 0 Å². The average Bonchev–Trinajstić information content (AvgIpc) is 2.72. The number of hydrogen-bond acceptors (Lipinski definition) is 4. The quantitative estimate of drug-likeness (QED) is 0.636. The number of nitrogens with one attached hydrogen (secondary N) is 1. The van der Waals surface area contributed by atoms with E-state index < -0.39 is 5.97 Å². The Balaban J connectivity index is 1.54. The normalized spacial score (nSPS) is 11.6. The minimum Gasteiger partial charge on any atom is -0.497 e. The molecular weight excluding hydrogens is 354 g/mol. The largest absolute Gasteiger partial charge is 0.497 e. The van der Waals surface area contributed by atoms with E-state index in [0.29, 0.717) is 5.75 Å². The van der Waals surface area contributed by atoms with Crippen LogP contribution in [-0.2, 0) is 20.7 Å². The molecular formula is C23H23NO4. The molecule has 0 unspecified atom stereocenters. The molecule has 1 atom stereocenters. The molecule has 144 valence electrons. The van der Waals surface area contributed by atoms with Gasteiger partial charge in [0.1, 0.15) is 5.75 Å². The van der Waals surface area contributed by atoms with Crippen molar-refractivity contribution in [2.24, 2.45) is 0 Å². The van der Waals surface area contributed by atoms with E-state index in [0.717, 1.165) is 21.9 Å². The van der Waals surface area contributed by atoms with Gasteiger partial charge in [-0.3, -0.25) is 9.59 Å². The number of amides is 1. The lowest BCUT2D eigenvalue weighted by Gasteiger charge is -2.16. The molecule has 0 aliphatic rings. The van der Waals surface area contributed by atoms with Crippen LogP contribution in [0, 0.1) is 0 Å². The fourth-order valence-corrected chi connectivity index (χ4v) is 3.14. The summed E-state index contributed by atoms with van der Waals surface area (Å²) in [4.78, 5) is 24.2. The van der Waals surface area contributed by atoms with Gasteiger partial charge in [-0.1, -0.05) is 54.6 Å². The molecule has 0 spiro atoms. The van der Waals surface area contributed by atoms with Crippen molar-refractivity contribution in [1.82, 2.24) is 5.32 Å². The fourth-order valence-electron chi connectivity index (χ4n) is 3.14. The second-order valence-corrected chi connectivity index (χ2v) is 6.55. The predicted octanol–water partition coefficient (Wildman–Crippen LogP) is 3.81. The Bertz CT molecular complexity index is 978. The van der Waals surface area contributed by atoms with E-state index in [2.05, 4.69) is 5.32 Å². The highest BCUT2D eigenvalue weighted by molar-refractivity contribution is 5.87. The number of carbonyl (C=O) groups is 2. The third-order valence-electron chi connectivity index (χ3n) is 4.51. The van der Waals surface area contributed by atoms with Crippen molar-refractivity contribution in [3.8, 4) is 5.75 Å². The minimum absolute atomic E-state index is 0.0867. The van der Waals surface area contributed by atoms with Crippen LogP contribution in [-0.4, -0.2) is 25.6 Å². The molecule has 3 rings (SSSR count). The molecule has 0 heterocycles. The fraction of sp³-hybridized carbons (Fsp3) is 0.217. The zero-order valence-corrected chi connectivity index (χ0v) is 16.0. The molecule has 0 radical (unpaired) electrons. The molecule has 0 aromatic heterocycles. The summed E-state index contributed by atoms with van der Waals surface area (Å²) in [6, 6.07) is 21.0. The predicted molar refractivity (Wildman–Crippen MR) is 108 cm³/mol. The standard InChI is InChI=1S/C23H23NO4/c1-16(20-12-6-9-18-8-3-4-11-21(18)20)24-22(25)15-28-23(26)14-17-7-5-10-19(13-17)27-2/h3-13,16H,14-15H2,1-2H3,(H,24,25)/t16-/m0/s1. The first-order valence-electron chi connectivity index (χ1n) is 9.12. The second-order valence-electron chi connectivity index (χ2n) is 6.55. The van der Waals surface area contributed by atoms with Crippen molar-refractivity contribution in [3.63, 3.8) is 0 Å². The molecule has 0 fully saturated rings. The third-order valence-corrected chi connectivity index (χ3v) is 4.51. The molecule has 0 saturated heterocycles. The second kappa shape index (κ2) is 9.04. The number of methoxy groups -OCH3 is 1. The number of ether oxygens (including phenoxy) is 2. The van der Waals surface area contributed by atoms with E-state index in [1.54, 1.807) is 25.3 Å².